The maximum atomic E-state index is 5.81. The van der Waals surface area contributed by atoms with Crippen molar-refractivity contribution in [3.63, 3.8) is 0 Å². The molecule has 0 radical (unpaired) electrons. The van der Waals surface area contributed by atoms with E-state index in [0.717, 1.165) is 19.1 Å². The van der Waals surface area contributed by atoms with Crippen LogP contribution in [0, 0.1) is 5.92 Å². The minimum Gasteiger partial charge on any atom is -0.375 e. The highest BCUT2D eigenvalue weighted by Gasteiger charge is 2.38. The van der Waals surface area contributed by atoms with Crippen molar-refractivity contribution in [3.8, 4) is 0 Å². The lowest BCUT2D eigenvalue weighted by Gasteiger charge is -2.33. The van der Waals surface area contributed by atoms with E-state index in [9.17, 15) is 0 Å². The first-order valence-corrected chi connectivity index (χ1v) is 7.55. The highest BCUT2D eigenvalue weighted by atomic mass is 16.5. The smallest absolute Gasteiger partial charge is 0.0721 e. The average molecular weight is 258 g/mol. The molecule has 19 heavy (non-hydrogen) atoms. The van der Waals surface area contributed by atoms with Gasteiger partial charge in [-0.15, -0.1) is 0 Å². The Labute approximate surface area is 114 Å². The molecule has 3 aliphatic rings. The Kier molecular flexibility index (Phi) is 3.06. The van der Waals surface area contributed by atoms with Crippen molar-refractivity contribution in [1.82, 2.24) is 10.2 Å². The van der Waals surface area contributed by atoms with E-state index in [-0.39, 0.29) is 0 Å². The van der Waals surface area contributed by atoms with E-state index in [1.807, 2.05) is 0 Å². The molecule has 0 amide bonds. The molecule has 3 nitrogen and oxygen atoms in total. The molecule has 1 N–H and O–H groups in total. The molecule has 3 aliphatic heterocycles. The number of benzene rings is 1. The second-order valence-corrected chi connectivity index (χ2v) is 6.15. The fourth-order valence-electron chi connectivity index (χ4n) is 4.00. The summed E-state index contributed by atoms with van der Waals surface area (Å²) in [5, 5.41) is 3.69. The third-order valence-corrected chi connectivity index (χ3v) is 5.02. The van der Waals surface area contributed by atoms with Crippen LogP contribution in [0.2, 0.25) is 0 Å². The monoisotopic (exact) mass is 258 g/mol. The fourth-order valence-corrected chi connectivity index (χ4v) is 4.00. The molecule has 102 valence electrons. The Bertz CT molecular complexity index is 448. The van der Waals surface area contributed by atoms with Crippen LogP contribution in [0.5, 0.6) is 0 Å². The third-order valence-electron chi connectivity index (χ3n) is 5.02. The summed E-state index contributed by atoms with van der Waals surface area (Å²) in [6.07, 6.45) is 2.73. The summed E-state index contributed by atoms with van der Waals surface area (Å²) < 4.78 is 5.81. The van der Waals surface area contributed by atoms with Gasteiger partial charge in [-0.25, -0.2) is 0 Å². The van der Waals surface area contributed by atoms with Crippen LogP contribution in [0.15, 0.2) is 24.3 Å². The number of rotatable bonds is 1. The lowest BCUT2D eigenvalue weighted by molar-refractivity contribution is 0.0395. The van der Waals surface area contributed by atoms with Gasteiger partial charge >= 0.3 is 0 Å². The normalized spacial score (nSPS) is 34.8. The summed E-state index contributed by atoms with van der Waals surface area (Å²) in [4.78, 5) is 2.64. The molecule has 0 bridgehead atoms. The van der Waals surface area contributed by atoms with Gasteiger partial charge in [-0.3, -0.25) is 4.90 Å². The molecule has 1 aromatic rings. The van der Waals surface area contributed by atoms with Crippen LogP contribution in [0.1, 0.15) is 30.0 Å². The van der Waals surface area contributed by atoms with Crippen molar-refractivity contribution in [1.29, 1.82) is 0 Å². The van der Waals surface area contributed by atoms with E-state index in [1.165, 1.54) is 43.6 Å². The number of likely N-dealkylation sites (tertiary alicyclic amines) is 1. The topological polar surface area (TPSA) is 24.5 Å². The highest BCUT2D eigenvalue weighted by molar-refractivity contribution is 5.31. The predicted octanol–water partition coefficient (Wildman–Crippen LogP) is 1.94. The van der Waals surface area contributed by atoms with E-state index in [1.54, 1.807) is 0 Å². The summed E-state index contributed by atoms with van der Waals surface area (Å²) in [5.41, 5.74) is 2.87. The van der Waals surface area contributed by atoms with Gasteiger partial charge < -0.3 is 10.1 Å². The van der Waals surface area contributed by atoms with Crippen molar-refractivity contribution in [3.05, 3.63) is 35.4 Å². The van der Waals surface area contributed by atoms with Gasteiger partial charge in [0, 0.05) is 19.1 Å². The standard InChI is InChI=1S/C16H22N2O/c1-2-6-14-13(4-1)10-19-11-16(14)18-8-12-5-3-7-17-15(12)9-18/h1-2,4,6,12,15-17H,3,5,7-11H2/t12-,15+,16?/m0/s1. The average Bonchev–Trinajstić information content (AvgIpc) is 2.90. The van der Waals surface area contributed by atoms with Crippen molar-refractivity contribution in [2.75, 3.05) is 26.2 Å². The summed E-state index contributed by atoms with van der Waals surface area (Å²) >= 11 is 0. The zero-order valence-electron chi connectivity index (χ0n) is 11.3. The molecule has 1 aromatic carbocycles. The maximum absolute atomic E-state index is 5.81. The Hall–Kier alpha value is -0.900. The molecule has 4 rings (SSSR count). The van der Waals surface area contributed by atoms with Crippen LogP contribution in [-0.2, 0) is 11.3 Å². The highest BCUT2D eigenvalue weighted by Crippen LogP contribution is 2.35. The van der Waals surface area contributed by atoms with Gasteiger partial charge in [0.15, 0.2) is 0 Å². The quantitative estimate of drug-likeness (QED) is 0.833. The Balaban J connectivity index is 1.57. The summed E-state index contributed by atoms with van der Waals surface area (Å²) in [5.74, 6) is 0.850. The van der Waals surface area contributed by atoms with Crippen LogP contribution in [0.3, 0.4) is 0 Å². The van der Waals surface area contributed by atoms with Crippen molar-refractivity contribution in [2.45, 2.75) is 31.5 Å². The SMILES string of the molecule is c1ccc2c(c1)COCC2N1C[C@@H]2CCCN[C@@H]2C1. The number of hydrogen-bond acceptors (Lipinski definition) is 3. The van der Waals surface area contributed by atoms with Gasteiger partial charge in [0.05, 0.1) is 19.3 Å². The fraction of sp³-hybridized carbons (Fsp3) is 0.625. The summed E-state index contributed by atoms with van der Waals surface area (Å²) in [6.45, 7) is 5.27. The van der Waals surface area contributed by atoms with Crippen LogP contribution in [-0.4, -0.2) is 37.2 Å². The van der Waals surface area contributed by atoms with Crippen LogP contribution in [0.25, 0.3) is 0 Å². The molecule has 2 saturated heterocycles. The second-order valence-electron chi connectivity index (χ2n) is 6.15. The van der Waals surface area contributed by atoms with E-state index in [4.69, 9.17) is 4.74 Å². The lowest BCUT2D eigenvalue weighted by Crippen LogP contribution is -2.41. The van der Waals surface area contributed by atoms with Crippen molar-refractivity contribution < 1.29 is 4.74 Å². The number of nitrogens with one attached hydrogen (secondary N) is 1. The van der Waals surface area contributed by atoms with E-state index in [2.05, 4.69) is 34.5 Å². The van der Waals surface area contributed by atoms with Crippen LogP contribution >= 0.6 is 0 Å². The Morgan fingerprint density at radius 3 is 3.11 bits per heavy atom. The number of hydrogen-bond donors (Lipinski definition) is 1. The Morgan fingerprint density at radius 2 is 2.16 bits per heavy atom. The summed E-state index contributed by atoms with van der Waals surface area (Å²) in [7, 11) is 0. The molecule has 0 spiro atoms. The van der Waals surface area contributed by atoms with Crippen molar-refractivity contribution >= 4 is 0 Å². The first-order chi connectivity index (χ1) is 9.42. The van der Waals surface area contributed by atoms with Gasteiger partial charge in [-0.05, 0) is 36.4 Å². The lowest BCUT2D eigenvalue weighted by atomic mass is 9.94. The van der Waals surface area contributed by atoms with E-state index >= 15 is 0 Å². The molecule has 0 saturated carbocycles. The van der Waals surface area contributed by atoms with E-state index < -0.39 is 0 Å². The van der Waals surface area contributed by atoms with Gasteiger partial charge in [0.1, 0.15) is 0 Å². The molecular formula is C16H22N2O. The number of piperidine rings is 1. The molecule has 1 unspecified atom stereocenters. The number of ether oxygens (including phenoxy) is 1. The molecule has 3 atom stereocenters. The largest absolute Gasteiger partial charge is 0.375 e. The van der Waals surface area contributed by atoms with E-state index in [0.29, 0.717) is 12.1 Å². The minimum atomic E-state index is 0.470. The second kappa shape index (κ2) is 4.89. The Morgan fingerprint density at radius 1 is 1.21 bits per heavy atom. The molecule has 3 heterocycles. The van der Waals surface area contributed by atoms with Gasteiger partial charge in [0.2, 0.25) is 0 Å². The first-order valence-electron chi connectivity index (χ1n) is 7.55. The first kappa shape index (κ1) is 11.9. The van der Waals surface area contributed by atoms with Gasteiger partial charge in [-0.1, -0.05) is 24.3 Å². The van der Waals surface area contributed by atoms with Crippen LogP contribution in [0.4, 0.5) is 0 Å². The molecule has 0 aromatic heterocycles. The molecule has 3 heteroatoms. The maximum Gasteiger partial charge on any atom is 0.0721 e. The van der Waals surface area contributed by atoms with Gasteiger partial charge in [0.25, 0.3) is 0 Å². The zero-order valence-corrected chi connectivity index (χ0v) is 11.3. The van der Waals surface area contributed by atoms with Gasteiger partial charge in [-0.2, -0.15) is 0 Å². The van der Waals surface area contributed by atoms with Crippen molar-refractivity contribution in [2.24, 2.45) is 5.92 Å². The number of nitrogens with zero attached hydrogens (tertiary/aromatic N) is 1. The van der Waals surface area contributed by atoms with Crippen LogP contribution < -0.4 is 5.32 Å². The predicted molar refractivity (Wildman–Crippen MR) is 74.9 cm³/mol. The number of fused-ring (bicyclic) bond motifs is 2. The molecule has 0 aliphatic carbocycles. The molecular weight excluding hydrogens is 236 g/mol. The third kappa shape index (κ3) is 2.10. The summed E-state index contributed by atoms with van der Waals surface area (Å²) in [6, 6.07) is 9.97. The minimum absolute atomic E-state index is 0.470. The zero-order chi connectivity index (χ0) is 12.7. The molecule has 2 fully saturated rings.